The molecule has 0 saturated carbocycles. The third-order valence-corrected chi connectivity index (χ3v) is 3.44. The fraction of sp³-hybridized carbons (Fsp3) is 0.111. The Morgan fingerprint density at radius 1 is 1.00 bits per heavy atom. The van der Waals surface area contributed by atoms with Crippen LogP contribution >= 0.6 is 0 Å². The van der Waals surface area contributed by atoms with Crippen molar-refractivity contribution in [3.63, 3.8) is 0 Å². The lowest BCUT2D eigenvalue weighted by atomic mass is 10.1. The van der Waals surface area contributed by atoms with Crippen LogP contribution in [-0.4, -0.2) is 5.91 Å². The van der Waals surface area contributed by atoms with Gasteiger partial charge in [-0.05, 0) is 24.1 Å². The highest BCUT2D eigenvalue weighted by Gasteiger charge is 2.09. The zero-order valence-corrected chi connectivity index (χ0v) is 11.9. The van der Waals surface area contributed by atoms with Crippen molar-refractivity contribution in [1.82, 2.24) is 0 Å². The number of benzene rings is 2. The molecule has 1 N–H and O–H groups in total. The van der Waals surface area contributed by atoms with Crippen LogP contribution in [-0.2, 0) is 11.2 Å². The standard InChI is InChI=1S/C18H15NO3/c20-16-11-12-22-18-14(16)7-4-8-15(18)19-17(21)10-9-13-5-2-1-3-6-13/h1-8,11-12H,9-10H2,(H,19,21). The lowest BCUT2D eigenvalue weighted by Crippen LogP contribution is -2.13. The van der Waals surface area contributed by atoms with E-state index < -0.39 is 0 Å². The van der Waals surface area contributed by atoms with Crippen LogP contribution in [0.1, 0.15) is 12.0 Å². The maximum absolute atomic E-state index is 12.1. The molecule has 4 heteroatoms. The van der Waals surface area contributed by atoms with Crippen LogP contribution in [0, 0.1) is 0 Å². The number of carbonyl (C=O) groups excluding carboxylic acids is 1. The van der Waals surface area contributed by atoms with Gasteiger partial charge in [0, 0.05) is 12.5 Å². The van der Waals surface area contributed by atoms with E-state index in [2.05, 4.69) is 5.32 Å². The summed E-state index contributed by atoms with van der Waals surface area (Å²) in [5, 5.41) is 3.27. The minimum absolute atomic E-state index is 0.108. The van der Waals surface area contributed by atoms with E-state index in [0.717, 1.165) is 5.56 Å². The molecule has 3 rings (SSSR count). The molecule has 4 nitrogen and oxygen atoms in total. The molecule has 1 heterocycles. The van der Waals surface area contributed by atoms with Gasteiger partial charge < -0.3 is 9.73 Å². The van der Waals surface area contributed by atoms with Gasteiger partial charge in [-0.3, -0.25) is 9.59 Å². The van der Waals surface area contributed by atoms with E-state index in [4.69, 9.17) is 4.42 Å². The van der Waals surface area contributed by atoms with Crippen LogP contribution in [0.3, 0.4) is 0 Å². The summed E-state index contributed by atoms with van der Waals surface area (Å²) in [7, 11) is 0. The lowest BCUT2D eigenvalue weighted by molar-refractivity contribution is -0.116. The van der Waals surface area contributed by atoms with Gasteiger partial charge in [0.2, 0.25) is 5.91 Å². The number of anilines is 1. The van der Waals surface area contributed by atoms with Crippen molar-refractivity contribution in [3.8, 4) is 0 Å². The van der Waals surface area contributed by atoms with Crippen LogP contribution in [0.15, 0.2) is 70.1 Å². The largest absolute Gasteiger partial charge is 0.462 e. The fourth-order valence-corrected chi connectivity index (χ4v) is 2.33. The molecule has 2 aromatic carbocycles. The van der Waals surface area contributed by atoms with E-state index in [1.54, 1.807) is 18.2 Å². The predicted molar refractivity (Wildman–Crippen MR) is 85.9 cm³/mol. The normalized spacial score (nSPS) is 10.5. The van der Waals surface area contributed by atoms with E-state index >= 15 is 0 Å². The smallest absolute Gasteiger partial charge is 0.224 e. The summed E-state index contributed by atoms with van der Waals surface area (Å²) in [5.41, 5.74) is 1.92. The van der Waals surface area contributed by atoms with Gasteiger partial charge in [0.1, 0.15) is 0 Å². The van der Waals surface area contributed by atoms with E-state index in [1.807, 2.05) is 30.3 Å². The van der Waals surface area contributed by atoms with Gasteiger partial charge in [0.15, 0.2) is 11.0 Å². The molecule has 0 atom stereocenters. The first-order chi connectivity index (χ1) is 10.7. The Morgan fingerprint density at radius 3 is 2.64 bits per heavy atom. The SMILES string of the molecule is O=C(CCc1ccccc1)Nc1cccc2c(=O)ccoc12. The highest BCUT2D eigenvalue weighted by atomic mass is 16.3. The van der Waals surface area contributed by atoms with Gasteiger partial charge in [-0.2, -0.15) is 0 Å². The summed E-state index contributed by atoms with van der Waals surface area (Å²) in [6, 6.07) is 16.3. The van der Waals surface area contributed by atoms with Crippen LogP contribution in [0.2, 0.25) is 0 Å². The second-order valence-corrected chi connectivity index (χ2v) is 5.00. The lowest BCUT2D eigenvalue weighted by Gasteiger charge is -2.07. The molecule has 1 aromatic heterocycles. The van der Waals surface area contributed by atoms with Gasteiger partial charge in [-0.25, -0.2) is 0 Å². The molecule has 0 unspecified atom stereocenters. The highest BCUT2D eigenvalue weighted by molar-refractivity contribution is 5.99. The number of hydrogen-bond acceptors (Lipinski definition) is 3. The first-order valence-electron chi connectivity index (χ1n) is 7.08. The van der Waals surface area contributed by atoms with Gasteiger partial charge in [-0.15, -0.1) is 0 Å². The molecule has 22 heavy (non-hydrogen) atoms. The Balaban J connectivity index is 1.74. The molecule has 110 valence electrons. The van der Waals surface area contributed by atoms with Crippen molar-refractivity contribution >= 4 is 22.6 Å². The van der Waals surface area contributed by atoms with E-state index in [1.165, 1.54) is 12.3 Å². The van der Waals surface area contributed by atoms with Crippen molar-refractivity contribution in [1.29, 1.82) is 0 Å². The molecule has 0 aliphatic rings. The van der Waals surface area contributed by atoms with Gasteiger partial charge in [0.05, 0.1) is 17.3 Å². The molecule has 0 aliphatic carbocycles. The van der Waals surface area contributed by atoms with Crippen molar-refractivity contribution < 1.29 is 9.21 Å². The molecular formula is C18H15NO3. The highest BCUT2D eigenvalue weighted by Crippen LogP contribution is 2.20. The average Bonchev–Trinajstić information content (AvgIpc) is 2.55. The Morgan fingerprint density at radius 2 is 1.82 bits per heavy atom. The zero-order chi connectivity index (χ0) is 15.4. The minimum Gasteiger partial charge on any atom is -0.462 e. The Kier molecular flexibility index (Phi) is 4.01. The van der Waals surface area contributed by atoms with Crippen molar-refractivity contribution in [2.24, 2.45) is 0 Å². The number of carbonyl (C=O) groups is 1. The number of para-hydroxylation sites is 1. The number of rotatable bonds is 4. The van der Waals surface area contributed by atoms with Gasteiger partial charge >= 0.3 is 0 Å². The average molecular weight is 293 g/mol. The number of aryl methyl sites for hydroxylation is 1. The van der Waals surface area contributed by atoms with Crippen molar-refractivity contribution in [3.05, 3.63) is 76.6 Å². The molecule has 0 saturated heterocycles. The minimum atomic E-state index is -0.123. The topological polar surface area (TPSA) is 59.3 Å². The van der Waals surface area contributed by atoms with Gasteiger partial charge in [0.25, 0.3) is 0 Å². The number of fused-ring (bicyclic) bond motifs is 1. The second-order valence-electron chi connectivity index (χ2n) is 5.00. The molecular weight excluding hydrogens is 278 g/mol. The first kappa shape index (κ1) is 14.1. The maximum atomic E-state index is 12.1. The first-order valence-corrected chi connectivity index (χ1v) is 7.08. The fourth-order valence-electron chi connectivity index (χ4n) is 2.33. The number of hydrogen-bond donors (Lipinski definition) is 1. The van der Waals surface area contributed by atoms with Crippen molar-refractivity contribution in [2.45, 2.75) is 12.8 Å². The Bertz CT molecular complexity index is 853. The third-order valence-electron chi connectivity index (χ3n) is 3.44. The summed E-state index contributed by atoms with van der Waals surface area (Å²) in [4.78, 5) is 23.8. The third kappa shape index (κ3) is 3.06. The summed E-state index contributed by atoms with van der Waals surface area (Å²) in [6.07, 6.45) is 2.38. The van der Waals surface area contributed by atoms with Crippen LogP contribution < -0.4 is 10.7 Å². The van der Waals surface area contributed by atoms with Gasteiger partial charge in [-0.1, -0.05) is 36.4 Å². The van der Waals surface area contributed by atoms with Crippen LogP contribution in [0.25, 0.3) is 11.0 Å². The monoisotopic (exact) mass is 293 g/mol. The summed E-state index contributed by atoms with van der Waals surface area (Å²) >= 11 is 0. The second kappa shape index (κ2) is 6.26. The molecule has 0 radical (unpaired) electrons. The van der Waals surface area contributed by atoms with E-state index in [-0.39, 0.29) is 11.3 Å². The molecule has 3 aromatic rings. The maximum Gasteiger partial charge on any atom is 0.224 e. The van der Waals surface area contributed by atoms with Crippen molar-refractivity contribution in [2.75, 3.05) is 5.32 Å². The molecule has 0 bridgehead atoms. The summed E-state index contributed by atoms with van der Waals surface area (Å²) in [5.74, 6) is -0.108. The Hall–Kier alpha value is -2.88. The quantitative estimate of drug-likeness (QED) is 0.802. The number of amides is 1. The Labute approximate surface area is 127 Å². The van der Waals surface area contributed by atoms with E-state index in [9.17, 15) is 9.59 Å². The molecule has 1 amide bonds. The van der Waals surface area contributed by atoms with Crippen LogP contribution in [0.4, 0.5) is 5.69 Å². The summed E-state index contributed by atoms with van der Waals surface area (Å²) < 4.78 is 5.37. The predicted octanol–water partition coefficient (Wildman–Crippen LogP) is 3.36. The zero-order valence-electron chi connectivity index (χ0n) is 11.9. The molecule has 0 aliphatic heterocycles. The molecule has 0 spiro atoms. The van der Waals surface area contributed by atoms with Crippen LogP contribution in [0.5, 0.6) is 0 Å². The van der Waals surface area contributed by atoms with E-state index in [0.29, 0.717) is 29.5 Å². The number of nitrogens with one attached hydrogen (secondary N) is 1. The summed E-state index contributed by atoms with van der Waals surface area (Å²) in [6.45, 7) is 0. The molecule has 0 fully saturated rings.